The zero-order valence-corrected chi connectivity index (χ0v) is 9.13. The molecule has 1 saturated heterocycles. The van der Waals surface area contributed by atoms with Crippen molar-refractivity contribution in [3.8, 4) is 0 Å². The van der Waals surface area contributed by atoms with Crippen molar-refractivity contribution in [1.82, 2.24) is 0 Å². The predicted octanol–water partition coefficient (Wildman–Crippen LogP) is 1.11. The fraction of sp³-hybridized carbons (Fsp3) is 0.667. The van der Waals surface area contributed by atoms with Crippen molar-refractivity contribution in [2.24, 2.45) is 5.73 Å². The molecule has 0 aromatic heterocycles. The Hall–Kier alpha value is -0.805. The Balaban J connectivity index is 2.78. The van der Waals surface area contributed by atoms with Gasteiger partial charge in [-0.1, -0.05) is 0 Å². The van der Waals surface area contributed by atoms with E-state index in [9.17, 15) is 0 Å². The highest BCUT2D eigenvalue weighted by molar-refractivity contribution is 6.84. The summed E-state index contributed by atoms with van der Waals surface area (Å²) in [5.74, 6) is 0. The van der Waals surface area contributed by atoms with Crippen LogP contribution in [0.3, 0.4) is 0 Å². The standard InChI is InChI=1S/C9H17BN2O2/c1-8(2)9(3,4)14-10(13-8)7(12)5-6-11/h5-6,12H,11H2,1-4H3. The summed E-state index contributed by atoms with van der Waals surface area (Å²) in [5.41, 5.74) is 4.65. The number of allylic oxidation sites excluding steroid dienone is 1. The first-order valence-corrected chi connectivity index (χ1v) is 4.62. The van der Waals surface area contributed by atoms with E-state index in [1.807, 2.05) is 27.7 Å². The van der Waals surface area contributed by atoms with Gasteiger partial charge >= 0.3 is 7.12 Å². The molecule has 1 rings (SSSR count). The molecule has 0 amide bonds. The minimum atomic E-state index is -0.611. The molecule has 0 spiro atoms. The number of nitrogens with one attached hydrogen (secondary N) is 1. The average molecular weight is 196 g/mol. The van der Waals surface area contributed by atoms with Gasteiger partial charge in [-0.15, -0.1) is 0 Å². The molecule has 0 radical (unpaired) electrons. The maximum Gasteiger partial charge on any atom is 0.513 e. The number of rotatable bonds is 2. The quantitative estimate of drug-likeness (QED) is 0.513. The Kier molecular flexibility index (Phi) is 2.74. The van der Waals surface area contributed by atoms with E-state index < -0.39 is 18.3 Å². The van der Waals surface area contributed by atoms with Crippen molar-refractivity contribution >= 4 is 12.7 Å². The van der Waals surface area contributed by atoms with Crippen LogP contribution in [-0.2, 0) is 9.31 Å². The Bertz CT molecular complexity index is 258. The second-order valence-electron chi connectivity index (χ2n) is 4.40. The monoisotopic (exact) mass is 196 g/mol. The lowest BCUT2D eigenvalue weighted by atomic mass is 9.82. The van der Waals surface area contributed by atoms with Crippen LogP contribution in [0, 0.1) is 5.41 Å². The van der Waals surface area contributed by atoms with Crippen LogP contribution in [0.5, 0.6) is 0 Å². The minimum Gasteiger partial charge on any atom is -0.405 e. The third-order valence-corrected chi connectivity index (χ3v) is 2.78. The van der Waals surface area contributed by atoms with Crippen molar-refractivity contribution in [3.63, 3.8) is 0 Å². The molecular formula is C9H17BN2O2. The predicted molar refractivity (Wildman–Crippen MR) is 57.1 cm³/mol. The van der Waals surface area contributed by atoms with E-state index in [0.29, 0.717) is 0 Å². The molecule has 0 aromatic carbocycles. The summed E-state index contributed by atoms with van der Waals surface area (Å²) in [4.78, 5) is 0. The fourth-order valence-corrected chi connectivity index (χ4v) is 1.15. The Morgan fingerprint density at radius 2 is 1.64 bits per heavy atom. The van der Waals surface area contributed by atoms with Gasteiger partial charge in [0.05, 0.1) is 16.8 Å². The zero-order valence-electron chi connectivity index (χ0n) is 9.13. The molecule has 0 aliphatic carbocycles. The minimum absolute atomic E-state index is 0.242. The van der Waals surface area contributed by atoms with Gasteiger partial charge in [0.1, 0.15) is 0 Å². The Labute approximate surface area is 85.1 Å². The average Bonchev–Trinajstić information content (AvgIpc) is 2.22. The van der Waals surface area contributed by atoms with Crippen LogP contribution in [0.1, 0.15) is 27.7 Å². The Morgan fingerprint density at radius 3 is 2.00 bits per heavy atom. The molecule has 14 heavy (non-hydrogen) atoms. The second kappa shape index (κ2) is 3.40. The van der Waals surface area contributed by atoms with Gasteiger partial charge in [0.2, 0.25) is 0 Å². The molecule has 0 bridgehead atoms. The highest BCUT2D eigenvalue weighted by Gasteiger charge is 2.52. The zero-order chi connectivity index (χ0) is 11.0. The van der Waals surface area contributed by atoms with E-state index in [2.05, 4.69) is 0 Å². The SMILES string of the molecule is CC1(C)OB(C(=N)C=CN)OC1(C)C. The van der Waals surface area contributed by atoms with E-state index in [1.54, 1.807) is 0 Å². The van der Waals surface area contributed by atoms with Crippen LogP contribution in [0.2, 0.25) is 0 Å². The third kappa shape index (κ3) is 1.83. The molecular weight excluding hydrogens is 179 g/mol. The van der Waals surface area contributed by atoms with Gasteiger partial charge in [-0.3, -0.25) is 0 Å². The molecule has 3 N–H and O–H groups in total. The van der Waals surface area contributed by atoms with Crippen molar-refractivity contribution in [3.05, 3.63) is 12.3 Å². The number of hydrogen-bond donors (Lipinski definition) is 2. The molecule has 0 saturated carbocycles. The summed E-state index contributed by atoms with van der Waals surface area (Å²) in [6.07, 6.45) is 2.79. The van der Waals surface area contributed by atoms with Crippen molar-refractivity contribution in [1.29, 1.82) is 5.41 Å². The van der Waals surface area contributed by atoms with E-state index in [4.69, 9.17) is 20.5 Å². The smallest absolute Gasteiger partial charge is 0.405 e. The molecule has 78 valence electrons. The van der Waals surface area contributed by atoms with Crippen molar-refractivity contribution < 1.29 is 9.31 Å². The highest BCUT2D eigenvalue weighted by Crippen LogP contribution is 2.36. The fourth-order valence-electron chi connectivity index (χ4n) is 1.15. The van der Waals surface area contributed by atoms with Crippen LogP contribution in [-0.4, -0.2) is 23.9 Å². The topological polar surface area (TPSA) is 68.3 Å². The molecule has 1 aliphatic rings. The molecule has 0 aromatic rings. The van der Waals surface area contributed by atoms with Gasteiger partial charge in [-0.25, -0.2) is 0 Å². The van der Waals surface area contributed by atoms with E-state index in [1.165, 1.54) is 12.3 Å². The molecule has 1 aliphatic heterocycles. The van der Waals surface area contributed by atoms with Crippen LogP contribution in [0.4, 0.5) is 0 Å². The third-order valence-electron chi connectivity index (χ3n) is 2.78. The molecule has 1 fully saturated rings. The van der Waals surface area contributed by atoms with E-state index >= 15 is 0 Å². The maximum absolute atomic E-state index is 7.62. The summed E-state index contributed by atoms with van der Waals surface area (Å²) in [6, 6.07) is 0. The van der Waals surface area contributed by atoms with Crippen LogP contribution in [0.25, 0.3) is 0 Å². The molecule has 0 atom stereocenters. The highest BCUT2D eigenvalue weighted by atomic mass is 16.7. The molecule has 0 unspecified atom stereocenters. The van der Waals surface area contributed by atoms with Gasteiger partial charge in [0.15, 0.2) is 0 Å². The lowest BCUT2D eigenvalue weighted by Crippen LogP contribution is -2.41. The van der Waals surface area contributed by atoms with Gasteiger partial charge in [-0.2, -0.15) is 0 Å². The molecule has 5 heteroatoms. The number of nitrogens with two attached hydrogens (primary N) is 1. The normalized spacial score (nSPS) is 24.4. The number of hydrogen-bond acceptors (Lipinski definition) is 4. The molecule has 4 nitrogen and oxygen atoms in total. The summed E-state index contributed by atoms with van der Waals surface area (Å²) in [7, 11) is -0.611. The summed E-state index contributed by atoms with van der Waals surface area (Å²) >= 11 is 0. The summed E-state index contributed by atoms with van der Waals surface area (Å²) in [5, 5.41) is 7.62. The van der Waals surface area contributed by atoms with Crippen LogP contribution in [0.15, 0.2) is 12.3 Å². The Morgan fingerprint density at radius 1 is 1.21 bits per heavy atom. The first-order valence-electron chi connectivity index (χ1n) is 4.62. The first kappa shape index (κ1) is 11.3. The van der Waals surface area contributed by atoms with Gasteiger partial charge < -0.3 is 20.5 Å². The van der Waals surface area contributed by atoms with Gasteiger partial charge in [-0.05, 0) is 40.0 Å². The maximum atomic E-state index is 7.62. The lowest BCUT2D eigenvalue weighted by molar-refractivity contribution is 0.00578. The van der Waals surface area contributed by atoms with Crippen molar-refractivity contribution in [2.45, 2.75) is 38.9 Å². The second-order valence-corrected chi connectivity index (χ2v) is 4.40. The van der Waals surface area contributed by atoms with Crippen LogP contribution < -0.4 is 5.73 Å². The summed E-state index contributed by atoms with van der Waals surface area (Å²) < 4.78 is 11.2. The van der Waals surface area contributed by atoms with Gasteiger partial charge in [0.25, 0.3) is 0 Å². The summed E-state index contributed by atoms with van der Waals surface area (Å²) in [6.45, 7) is 7.80. The molecule has 1 heterocycles. The van der Waals surface area contributed by atoms with Gasteiger partial charge in [0, 0.05) is 0 Å². The largest absolute Gasteiger partial charge is 0.513 e. The van der Waals surface area contributed by atoms with E-state index in [0.717, 1.165) is 0 Å². The van der Waals surface area contributed by atoms with Crippen molar-refractivity contribution in [2.75, 3.05) is 0 Å². The lowest BCUT2D eigenvalue weighted by Gasteiger charge is -2.32. The van der Waals surface area contributed by atoms with E-state index in [-0.39, 0.29) is 5.61 Å². The van der Waals surface area contributed by atoms with Crippen LogP contribution >= 0.6 is 0 Å². The first-order chi connectivity index (χ1) is 6.30.